The third-order valence-corrected chi connectivity index (χ3v) is 12.0. The molecule has 2 amide bonds. The van der Waals surface area contributed by atoms with Crippen LogP contribution in [0.5, 0.6) is 0 Å². The number of amides is 2. The van der Waals surface area contributed by atoms with Crippen LogP contribution in [0, 0.1) is 12.3 Å². The lowest BCUT2D eigenvalue weighted by molar-refractivity contribution is -0.111. The molecule has 3 aliphatic heterocycles. The molecule has 6 heterocycles. The van der Waals surface area contributed by atoms with Crippen molar-refractivity contribution in [1.82, 2.24) is 24.0 Å². The minimum atomic E-state index is -0.308. The fourth-order valence-corrected chi connectivity index (χ4v) is 8.98. The Balaban J connectivity index is 0.999. The SMILES string of the molecule is C=CC(=O)Nc1cc(Nc2nc(-c3ccnc(N4CCn5c(cc6c5CC(C)(C)C6)C4=O)c3C)cn(C)c2=O)ccc1N1CCN(C2COC2)CC12CC2. The molecule has 5 aliphatic rings. The van der Waals surface area contributed by atoms with Crippen LogP contribution in [-0.4, -0.2) is 86.8 Å². The maximum absolute atomic E-state index is 13.9. The normalized spacial score (nSPS) is 20.0. The fourth-order valence-electron chi connectivity index (χ4n) is 8.98. The van der Waals surface area contributed by atoms with Crippen LogP contribution < -0.4 is 26.0 Å². The van der Waals surface area contributed by atoms with Crippen molar-refractivity contribution in [2.75, 3.05) is 59.8 Å². The summed E-state index contributed by atoms with van der Waals surface area (Å²) in [6.07, 6.45) is 8.79. The summed E-state index contributed by atoms with van der Waals surface area (Å²) >= 11 is 0. The molecule has 1 spiro atoms. The molecule has 54 heavy (non-hydrogen) atoms. The zero-order chi connectivity index (χ0) is 37.5. The number of fused-ring (bicyclic) bond motifs is 3. The smallest absolute Gasteiger partial charge is 0.293 e. The summed E-state index contributed by atoms with van der Waals surface area (Å²) in [5, 5.41) is 6.27. The van der Waals surface area contributed by atoms with Gasteiger partial charge in [-0.3, -0.25) is 24.2 Å². The van der Waals surface area contributed by atoms with E-state index < -0.39 is 0 Å². The topological polar surface area (TPSA) is 130 Å². The monoisotopic (exact) mass is 729 g/mol. The first kappa shape index (κ1) is 34.5. The molecule has 0 unspecified atom stereocenters. The molecule has 3 aromatic heterocycles. The fraction of sp³-hybridized carbons (Fsp3) is 0.439. The molecule has 1 saturated carbocycles. The summed E-state index contributed by atoms with van der Waals surface area (Å²) in [6, 6.07) is 10.2. The van der Waals surface area contributed by atoms with Crippen LogP contribution in [0.1, 0.15) is 54.0 Å². The van der Waals surface area contributed by atoms with Crippen LogP contribution >= 0.6 is 0 Å². The number of aromatic nitrogens is 4. The van der Waals surface area contributed by atoms with Crippen molar-refractivity contribution in [1.29, 1.82) is 0 Å². The van der Waals surface area contributed by atoms with E-state index in [1.165, 1.54) is 21.9 Å². The van der Waals surface area contributed by atoms with E-state index in [0.717, 1.165) is 75.3 Å². The Morgan fingerprint density at radius 1 is 1.06 bits per heavy atom. The van der Waals surface area contributed by atoms with Crippen molar-refractivity contribution >= 4 is 40.5 Å². The van der Waals surface area contributed by atoms with Gasteiger partial charge in [-0.25, -0.2) is 9.97 Å². The average Bonchev–Trinajstić information content (AvgIpc) is 3.69. The Bertz CT molecular complexity index is 2280. The largest absolute Gasteiger partial charge is 0.378 e. The molecule has 0 bridgehead atoms. The van der Waals surface area contributed by atoms with Crippen LogP contribution in [0.3, 0.4) is 0 Å². The van der Waals surface area contributed by atoms with Crippen molar-refractivity contribution in [3.63, 3.8) is 0 Å². The minimum absolute atomic E-state index is 0.0316. The van der Waals surface area contributed by atoms with E-state index in [-0.39, 0.29) is 34.1 Å². The molecule has 3 fully saturated rings. The summed E-state index contributed by atoms with van der Waals surface area (Å²) in [4.78, 5) is 56.4. The van der Waals surface area contributed by atoms with Crippen LogP contribution in [0.2, 0.25) is 0 Å². The minimum Gasteiger partial charge on any atom is -0.378 e. The van der Waals surface area contributed by atoms with E-state index in [1.54, 1.807) is 24.3 Å². The van der Waals surface area contributed by atoms with E-state index in [4.69, 9.17) is 9.72 Å². The molecule has 13 heteroatoms. The van der Waals surface area contributed by atoms with Crippen molar-refractivity contribution in [2.24, 2.45) is 12.5 Å². The highest BCUT2D eigenvalue weighted by Gasteiger charge is 2.53. The number of nitrogens with zero attached hydrogens (tertiary/aromatic N) is 7. The van der Waals surface area contributed by atoms with E-state index in [9.17, 15) is 14.4 Å². The van der Waals surface area contributed by atoms with Gasteiger partial charge in [-0.1, -0.05) is 20.4 Å². The summed E-state index contributed by atoms with van der Waals surface area (Å²) in [5.41, 5.74) is 7.55. The quantitative estimate of drug-likeness (QED) is 0.249. The van der Waals surface area contributed by atoms with E-state index >= 15 is 0 Å². The van der Waals surface area contributed by atoms with Crippen LogP contribution in [-0.2, 0) is 36.0 Å². The first-order valence-corrected chi connectivity index (χ1v) is 18.9. The van der Waals surface area contributed by atoms with Gasteiger partial charge in [-0.2, -0.15) is 0 Å². The third-order valence-electron chi connectivity index (χ3n) is 12.0. The maximum atomic E-state index is 13.9. The molecular weight excluding hydrogens is 683 g/mol. The third kappa shape index (κ3) is 5.81. The number of pyridine rings is 1. The number of anilines is 5. The van der Waals surface area contributed by atoms with Gasteiger partial charge in [0.15, 0.2) is 5.82 Å². The van der Waals surface area contributed by atoms with E-state index in [1.807, 2.05) is 31.2 Å². The summed E-state index contributed by atoms with van der Waals surface area (Å²) in [7, 11) is 1.70. The number of aryl methyl sites for hydroxylation is 1. The second-order valence-corrected chi connectivity index (χ2v) is 16.4. The Hall–Kier alpha value is -5.27. The van der Waals surface area contributed by atoms with Gasteiger partial charge in [-0.05, 0) is 80.0 Å². The van der Waals surface area contributed by atoms with Crippen molar-refractivity contribution in [3.05, 3.63) is 88.2 Å². The lowest BCUT2D eigenvalue weighted by Gasteiger charge is -2.48. The van der Waals surface area contributed by atoms with E-state index in [2.05, 4.69) is 56.5 Å². The van der Waals surface area contributed by atoms with Gasteiger partial charge < -0.3 is 29.4 Å². The Kier molecular flexibility index (Phi) is 8.09. The molecule has 280 valence electrons. The number of rotatable bonds is 8. The number of hydrogen-bond donors (Lipinski definition) is 2. The van der Waals surface area contributed by atoms with Crippen molar-refractivity contribution in [2.45, 2.75) is 64.6 Å². The highest BCUT2D eigenvalue weighted by molar-refractivity contribution is 6.06. The van der Waals surface area contributed by atoms with Gasteiger partial charge in [0.05, 0.1) is 41.9 Å². The molecular formula is C41H47N9O4. The molecule has 2 aliphatic carbocycles. The number of carbonyl (C=O) groups is 2. The number of carbonyl (C=O) groups excluding carboxylic acids is 2. The molecule has 0 atom stereocenters. The molecule has 9 rings (SSSR count). The van der Waals surface area contributed by atoms with Crippen LogP contribution in [0.4, 0.5) is 28.7 Å². The number of benzene rings is 1. The van der Waals surface area contributed by atoms with Crippen molar-refractivity contribution < 1.29 is 14.3 Å². The molecule has 13 nitrogen and oxygen atoms in total. The van der Waals surface area contributed by atoms with Gasteiger partial charge >= 0.3 is 0 Å². The molecule has 0 radical (unpaired) electrons. The zero-order valence-electron chi connectivity index (χ0n) is 31.4. The zero-order valence-corrected chi connectivity index (χ0v) is 31.4. The molecule has 2 N–H and O–H groups in total. The molecule has 1 aromatic carbocycles. The summed E-state index contributed by atoms with van der Waals surface area (Å²) < 4.78 is 9.18. The molecule has 4 aromatic rings. The van der Waals surface area contributed by atoms with Gasteiger partial charge in [0, 0.05) is 74.7 Å². The Morgan fingerprint density at radius 2 is 1.87 bits per heavy atom. The number of piperazine rings is 1. The van der Waals surface area contributed by atoms with Crippen LogP contribution in [0.15, 0.2) is 60.2 Å². The molecule has 2 saturated heterocycles. The highest BCUT2D eigenvalue weighted by Crippen LogP contribution is 2.49. The lowest BCUT2D eigenvalue weighted by Crippen LogP contribution is -2.61. The number of ether oxygens (including phenoxy) is 1. The highest BCUT2D eigenvalue weighted by atomic mass is 16.5. The van der Waals surface area contributed by atoms with Gasteiger partial charge in [0.25, 0.3) is 11.5 Å². The van der Waals surface area contributed by atoms with Gasteiger partial charge in [-0.15, -0.1) is 0 Å². The standard InChI is InChI=1S/C41H47N9O4/c1-6-35(51)44-30-18-27(7-8-32(30)50-16-13-47(28-22-54-23-28)24-41(50)10-11-41)43-36-39(53)46(5)21-31(45-36)29-9-12-42-37(25(29)2)49-15-14-48-33(38(49)52)17-26-19-40(3,4)20-34(26)48/h6-9,12,17-18,21,28H,1,10-11,13-16,19-20,22-24H2,2-5H3,(H,43,45)(H,44,51). The predicted octanol–water partition coefficient (Wildman–Crippen LogP) is 4.66. The Morgan fingerprint density at radius 3 is 2.61 bits per heavy atom. The number of hydrogen-bond acceptors (Lipinski definition) is 9. The summed E-state index contributed by atoms with van der Waals surface area (Å²) in [6.45, 7) is 15.7. The predicted molar refractivity (Wildman–Crippen MR) is 209 cm³/mol. The lowest BCUT2D eigenvalue weighted by atomic mass is 9.90. The van der Waals surface area contributed by atoms with Gasteiger partial charge in [0.2, 0.25) is 5.91 Å². The second kappa shape index (κ2) is 12.7. The average molecular weight is 730 g/mol. The maximum Gasteiger partial charge on any atom is 0.293 e. The first-order valence-electron chi connectivity index (χ1n) is 18.9. The van der Waals surface area contributed by atoms with Gasteiger partial charge in [0.1, 0.15) is 11.5 Å². The first-order chi connectivity index (χ1) is 25.9. The van der Waals surface area contributed by atoms with E-state index in [0.29, 0.717) is 47.7 Å². The van der Waals surface area contributed by atoms with Crippen molar-refractivity contribution in [3.8, 4) is 11.3 Å². The Labute approximate surface area is 314 Å². The second-order valence-electron chi connectivity index (χ2n) is 16.4. The summed E-state index contributed by atoms with van der Waals surface area (Å²) in [5.74, 6) is 0.365. The van der Waals surface area contributed by atoms with Crippen LogP contribution in [0.25, 0.3) is 11.3 Å². The number of nitrogens with one attached hydrogen (secondary N) is 2.